The Kier molecular flexibility index (Phi) is 9.48. The number of carboxylic acids is 1. The maximum Gasteiger partial charge on any atom is 0.416 e. The van der Waals surface area contributed by atoms with Gasteiger partial charge in [-0.1, -0.05) is 17.4 Å². The monoisotopic (exact) mass is 535 g/mol. The maximum absolute atomic E-state index is 12.9. The van der Waals surface area contributed by atoms with Crippen molar-refractivity contribution in [2.75, 3.05) is 23.3 Å². The van der Waals surface area contributed by atoms with Gasteiger partial charge in [0.2, 0.25) is 0 Å². The van der Waals surface area contributed by atoms with Crippen molar-refractivity contribution in [1.29, 1.82) is 0 Å². The van der Waals surface area contributed by atoms with E-state index in [1.54, 1.807) is 24.4 Å². The number of hydrogen-bond acceptors (Lipinski definition) is 7. The summed E-state index contributed by atoms with van der Waals surface area (Å²) in [5, 5.41) is 12.6. The molecule has 0 spiro atoms. The number of rotatable bonds is 6. The third-order valence-electron chi connectivity index (χ3n) is 5.19. The molecule has 1 fully saturated rings. The zero-order chi connectivity index (χ0) is 22.7. The number of alkyl halides is 3. The van der Waals surface area contributed by atoms with Crippen LogP contribution in [0.3, 0.4) is 0 Å². The Morgan fingerprint density at radius 3 is 2.56 bits per heavy atom. The summed E-state index contributed by atoms with van der Waals surface area (Å²) in [6.45, 7) is 1.50. The molecule has 1 saturated heterocycles. The third-order valence-corrected chi connectivity index (χ3v) is 6.27. The largest absolute Gasteiger partial charge is 0.481 e. The Morgan fingerprint density at radius 1 is 1.15 bits per heavy atom. The van der Waals surface area contributed by atoms with Crippen molar-refractivity contribution in [2.45, 2.75) is 25.4 Å². The predicted molar refractivity (Wildman–Crippen MR) is 130 cm³/mol. The highest BCUT2D eigenvalue weighted by Crippen LogP contribution is 2.34. The van der Waals surface area contributed by atoms with Gasteiger partial charge in [0.1, 0.15) is 11.6 Å². The second kappa shape index (κ2) is 11.7. The van der Waals surface area contributed by atoms with Crippen LogP contribution in [0.15, 0.2) is 42.7 Å². The number of thiazole rings is 1. The molecule has 7 nitrogen and oxygen atoms in total. The number of halogens is 5. The number of aromatic nitrogens is 3. The minimum atomic E-state index is -4.45. The van der Waals surface area contributed by atoms with E-state index in [-0.39, 0.29) is 43.0 Å². The van der Waals surface area contributed by atoms with Crippen LogP contribution in [0, 0.1) is 5.92 Å². The normalized spacial score (nSPS) is 14.1. The fourth-order valence-corrected chi connectivity index (χ4v) is 4.49. The van der Waals surface area contributed by atoms with Crippen molar-refractivity contribution in [3.8, 4) is 10.6 Å². The fourth-order valence-electron chi connectivity index (χ4n) is 3.55. The SMILES string of the molecule is Cl.Cl.O=C(O)CC1CCN(c2ncc(-c3cccc(Nc4cc(C(F)(F)F)ccn4)n3)s2)CC1. The second-order valence-electron chi connectivity index (χ2n) is 7.50. The lowest BCUT2D eigenvalue weighted by Gasteiger charge is -2.30. The van der Waals surface area contributed by atoms with E-state index in [2.05, 4.69) is 25.2 Å². The number of carboxylic acid groups (broad SMARTS) is 1. The number of pyridine rings is 2. The smallest absolute Gasteiger partial charge is 0.416 e. The Morgan fingerprint density at radius 2 is 1.88 bits per heavy atom. The quantitative estimate of drug-likeness (QED) is 0.406. The van der Waals surface area contributed by atoms with E-state index in [1.807, 2.05) is 0 Å². The Balaban J connectivity index is 0.00000204. The molecule has 0 radical (unpaired) electrons. The summed E-state index contributed by atoms with van der Waals surface area (Å²) in [6.07, 6.45) is 0.186. The van der Waals surface area contributed by atoms with Crippen LogP contribution >= 0.6 is 36.2 Å². The van der Waals surface area contributed by atoms with Gasteiger partial charge in [-0.25, -0.2) is 15.0 Å². The Hall–Kier alpha value is -2.63. The summed E-state index contributed by atoms with van der Waals surface area (Å²) in [5.74, 6) is -0.144. The standard InChI is InChI=1S/C21H20F3N5O2S.2ClH/c22-21(23,24)14-4-7-25-18(11-14)28-17-3-1-2-15(27-17)16-12-26-20(32-16)29-8-5-13(6-9-29)10-19(30)31;;/h1-4,7,11-13H,5-6,8-10H2,(H,30,31)(H,25,27,28);2*1H. The van der Waals surface area contributed by atoms with Gasteiger partial charge < -0.3 is 15.3 Å². The van der Waals surface area contributed by atoms with Crippen LogP contribution in [0.2, 0.25) is 0 Å². The first-order valence-corrected chi connectivity index (χ1v) is 10.8. The van der Waals surface area contributed by atoms with Crippen LogP contribution in [-0.2, 0) is 11.0 Å². The maximum atomic E-state index is 12.9. The van der Waals surface area contributed by atoms with Crippen molar-refractivity contribution in [1.82, 2.24) is 15.0 Å². The van der Waals surface area contributed by atoms with Gasteiger partial charge in [0.25, 0.3) is 0 Å². The average molecular weight is 536 g/mol. The number of nitrogens with one attached hydrogen (secondary N) is 1. The Labute approximate surface area is 210 Å². The van der Waals surface area contributed by atoms with E-state index < -0.39 is 17.7 Å². The molecular weight excluding hydrogens is 514 g/mol. The number of anilines is 3. The van der Waals surface area contributed by atoms with Gasteiger partial charge in [-0.3, -0.25) is 4.79 Å². The van der Waals surface area contributed by atoms with Crippen LogP contribution in [-0.4, -0.2) is 39.1 Å². The van der Waals surface area contributed by atoms with E-state index >= 15 is 0 Å². The van der Waals surface area contributed by atoms with Crippen LogP contribution < -0.4 is 10.2 Å². The number of carbonyl (C=O) groups is 1. The summed E-state index contributed by atoms with van der Waals surface area (Å²) >= 11 is 1.47. The van der Waals surface area contributed by atoms with Gasteiger partial charge in [0.05, 0.1) is 16.1 Å². The molecule has 13 heteroatoms. The van der Waals surface area contributed by atoms with E-state index in [1.165, 1.54) is 11.3 Å². The predicted octanol–water partition coefficient (Wildman–Crippen LogP) is 5.90. The lowest BCUT2D eigenvalue weighted by atomic mass is 9.94. The van der Waals surface area contributed by atoms with Crippen molar-refractivity contribution < 1.29 is 23.1 Å². The summed E-state index contributed by atoms with van der Waals surface area (Å²) < 4.78 is 38.8. The second-order valence-corrected chi connectivity index (χ2v) is 8.51. The molecule has 0 amide bonds. The first-order chi connectivity index (χ1) is 15.3. The molecule has 1 aliphatic rings. The Bertz CT molecular complexity index is 1110. The molecule has 0 unspecified atom stereocenters. The number of hydrogen-bond donors (Lipinski definition) is 2. The molecular formula is C21H22Cl2F3N5O2S. The number of nitrogens with zero attached hydrogens (tertiary/aromatic N) is 4. The first kappa shape index (κ1) is 27.6. The average Bonchev–Trinajstić information content (AvgIpc) is 3.24. The lowest BCUT2D eigenvalue weighted by molar-refractivity contribution is -0.138. The topological polar surface area (TPSA) is 91.2 Å². The van der Waals surface area contributed by atoms with Crippen LogP contribution in [0.4, 0.5) is 29.9 Å². The van der Waals surface area contributed by atoms with E-state index in [0.717, 1.165) is 54.3 Å². The van der Waals surface area contributed by atoms with Crippen LogP contribution in [0.1, 0.15) is 24.8 Å². The summed E-state index contributed by atoms with van der Waals surface area (Å²) in [5.41, 5.74) is -0.142. The zero-order valence-corrected chi connectivity index (χ0v) is 20.1. The van der Waals surface area contributed by atoms with Gasteiger partial charge in [-0.05, 0) is 43.0 Å². The van der Waals surface area contributed by atoms with Gasteiger partial charge in [0.15, 0.2) is 5.13 Å². The lowest BCUT2D eigenvalue weighted by Crippen LogP contribution is -2.34. The molecule has 4 heterocycles. The van der Waals surface area contributed by atoms with Crippen LogP contribution in [0.25, 0.3) is 10.6 Å². The molecule has 2 N–H and O–H groups in total. The summed E-state index contributed by atoms with van der Waals surface area (Å²) in [7, 11) is 0. The zero-order valence-electron chi connectivity index (χ0n) is 17.7. The van der Waals surface area contributed by atoms with Gasteiger partial charge >= 0.3 is 12.1 Å². The molecule has 0 bridgehead atoms. The molecule has 4 rings (SSSR count). The summed E-state index contributed by atoms with van der Waals surface area (Å²) in [4.78, 5) is 26.8. The molecule has 0 aliphatic carbocycles. The van der Waals surface area contributed by atoms with E-state index in [4.69, 9.17) is 5.11 Å². The van der Waals surface area contributed by atoms with Gasteiger partial charge in [0, 0.05) is 31.9 Å². The van der Waals surface area contributed by atoms with Gasteiger partial charge in [-0.15, -0.1) is 24.8 Å². The van der Waals surface area contributed by atoms with E-state index in [9.17, 15) is 18.0 Å². The molecule has 34 heavy (non-hydrogen) atoms. The molecule has 184 valence electrons. The molecule has 0 atom stereocenters. The highest BCUT2D eigenvalue weighted by molar-refractivity contribution is 7.18. The molecule has 3 aromatic heterocycles. The molecule has 1 aliphatic heterocycles. The van der Waals surface area contributed by atoms with E-state index in [0.29, 0.717) is 11.5 Å². The molecule has 3 aromatic rings. The minimum absolute atomic E-state index is 0. The molecule has 0 aromatic carbocycles. The van der Waals surface area contributed by atoms with Gasteiger partial charge in [-0.2, -0.15) is 13.2 Å². The van der Waals surface area contributed by atoms with Crippen molar-refractivity contribution in [2.24, 2.45) is 5.92 Å². The highest BCUT2D eigenvalue weighted by atomic mass is 35.5. The van der Waals surface area contributed by atoms with Crippen LogP contribution in [0.5, 0.6) is 0 Å². The van der Waals surface area contributed by atoms with Crippen molar-refractivity contribution >= 4 is 58.9 Å². The van der Waals surface area contributed by atoms with Crippen molar-refractivity contribution in [3.63, 3.8) is 0 Å². The minimum Gasteiger partial charge on any atom is -0.481 e. The number of piperidine rings is 1. The first-order valence-electron chi connectivity index (χ1n) is 9.98. The number of aliphatic carboxylic acids is 1. The third kappa shape index (κ3) is 6.94. The fraction of sp³-hybridized carbons (Fsp3) is 0.333. The highest BCUT2D eigenvalue weighted by Gasteiger charge is 2.30. The van der Waals surface area contributed by atoms with Crippen molar-refractivity contribution in [3.05, 3.63) is 48.3 Å². The summed E-state index contributed by atoms with van der Waals surface area (Å²) in [6, 6.07) is 7.07. The molecule has 0 saturated carbocycles.